The summed E-state index contributed by atoms with van der Waals surface area (Å²) in [7, 11) is 0. The Morgan fingerprint density at radius 1 is 1.22 bits per heavy atom. The second kappa shape index (κ2) is 14.5. The summed E-state index contributed by atoms with van der Waals surface area (Å²) in [5.74, 6) is 0.909. The van der Waals surface area contributed by atoms with Crippen LogP contribution in [0.1, 0.15) is 30.9 Å². The molecule has 0 bridgehead atoms. The molecule has 0 aromatic heterocycles. The van der Waals surface area contributed by atoms with Gasteiger partial charge in [-0.3, -0.25) is 4.90 Å². The van der Waals surface area contributed by atoms with Gasteiger partial charge in [0.05, 0.1) is 19.8 Å². The van der Waals surface area contributed by atoms with Gasteiger partial charge >= 0.3 is 0 Å². The van der Waals surface area contributed by atoms with Crippen LogP contribution in [0, 0.1) is 6.92 Å². The lowest BCUT2D eigenvalue weighted by molar-refractivity contribution is 0.0372. The van der Waals surface area contributed by atoms with Crippen molar-refractivity contribution in [2.75, 3.05) is 52.2 Å². The Bertz CT molecular complexity index is 565. The highest BCUT2D eigenvalue weighted by Crippen LogP contribution is 2.22. The van der Waals surface area contributed by atoms with E-state index in [-0.39, 0.29) is 24.0 Å². The van der Waals surface area contributed by atoms with Gasteiger partial charge in [0.1, 0.15) is 0 Å². The molecule has 0 radical (unpaired) electrons. The minimum Gasteiger partial charge on any atom is -0.379 e. The highest BCUT2D eigenvalue weighted by molar-refractivity contribution is 14.0. The first-order chi connectivity index (χ1) is 12.7. The van der Waals surface area contributed by atoms with Gasteiger partial charge in [-0.1, -0.05) is 12.1 Å². The summed E-state index contributed by atoms with van der Waals surface area (Å²) in [5.41, 5.74) is 2.58. The third-order valence-corrected chi connectivity index (χ3v) is 5.31. The summed E-state index contributed by atoms with van der Waals surface area (Å²) in [6.07, 6.45) is 4.49. The van der Waals surface area contributed by atoms with E-state index in [4.69, 9.17) is 9.73 Å². The average Bonchev–Trinajstić information content (AvgIpc) is 2.67. The van der Waals surface area contributed by atoms with Gasteiger partial charge < -0.3 is 15.4 Å². The molecule has 1 fully saturated rings. The van der Waals surface area contributed by atoms with Crippen LogP contribution >= 0.6 is 35.7 Å². The van der Waals surface area contributed by atoms with E-state index < -0.39 is 0 Å². The van der Waals surface area contributed by atoms with Crippen LogP contribution in [0.5, 0.6) is 0 Å². The number of ether oxygens (including phenoxy) is 1. The van der Waals surface area contributed by atoms with Crippen LogP contribution in [0.25, 0.3) is 0 Å². The molecule has 1 aromatic rings. The van der Waals surface area contributed by atoms with E-state index in [0.29, 0.717) is 6.54 Å². The van der Waals surface area contributed by atoms with Gasteiger partial charge in [-0.15, -0.1) is 35.7 Å². The van der Waals surface area contributed by atoms with E-state index in [1.165, 1.54) is 29.0 Å². The number of guanidine groups is 1. The van der Waals surface area contributed by atoms with E-state index in [1.54, 1.807) is 11.8 Å². The first-order valence-electron chi connectivity index (χ1n) is 9.68. The van der Waals surface area contributed by atoms with Gasteiger partial charge in [0.2, 0.25) is 0 Å². The number of aliphatic imine (C=N–C) groups is 1. The standard InChI is InChI=1S/C20H34N4OS.HI/c1-4-21-20(22-9-5-6-10-24-11-13-25-14-12-24)23-16-18-8-7-17(2)15-19(18)26-3;/h7-8,15H,4-6,9-14,16H2,1-3H3,(H2,21,22,23);1H. The fourth-order valence-corrected chi connectivity index (χ4v) is 3.68. The van der Waals surface area contributed by atoms with Crippen LogP contribution in [0.4, 0.5) is 0 Å². The molecule has 0 atom stereocenters. The highest BCUT2D eigenvalue weighted by Gasteiger charge is 2.09. The SMILES string of the molecule is CCNC(=NCc1ccc(C)cc1SC)NCCCCN1CCOCC1.I. The van der Waals surface area contributed by atoms with Crippen molar-refractivity contribution in [2.24, 2.45) is 4.99 Å². The molecule has 1 heterocycles. The summed E-state index contributed by atoms with van der Waals surface area (Å²) in [6, 6.07) is 6.59. The minimum atomic E-state index is 0. The maximum Gasteiger partial charge on any atom is 0.191 e. The third kappa shape index (κ3) is 9.49. The Hall–Kier alpha value is -0.510. The summed E-state index contributed by atoms with van der Waals surface area (Å²) in [4.78, 5) is 8.57. The zero-order valence-electron chi connectivity index (χ0n) is 16.9. The van der Waals surface area contributed by atoms with Crippen molar-refractivity contribution in [2.45, 2.75) is 38.1 Å². The normalized spacial score (nSPS) is 15.3. The van der Waals surface area contributed by atoms with Crippen LogP contribution in [-0.4, -0.2) is 63.1 Å². The fraction of sp³-hybridized carbons (Fsp3) is 0.650. The quantitative estimate of drug-likeness (QED) is 0.177. The number of morpholine rings is 1. The van der Waals surface area contributed by atoms with Crippen molar-refractivity contribution in [3.63, 3.8) is 0 Å². The molecule has 2 N–H and O–H groups in total. The summed E-state index contributed by atoms with van der Waals surface area (Å²) >= 11 is 1.79. The lowest BCUT2D eigenvalue weighted by Crippen LogP contribution is -2.39. The Balaban J connectivity index is 0.00000364. The van der Waals surface area contributed by atoms with Gasteiger partial charge in [-0.05, 0) is 56.7 Å². The molecular formula is C20H35IN4OS. The Kier molecular flexibility index (Phi) is 13.2. The predicted molar refractivity (Wildman–Crippen MR) is 128 cm³/mol. The first-order valence-corrected chi connectivity index (χ1v) is 10.9. The second-order valence-electron chi connectivity index (χ2n) is 6.60. The number of unbranched alkanes of at least 4 members (excludes halogenated alkanes) is 1. The monoisotopic (exact) mass is 506 g/mol. The number of nitrogens with one attached hydrogen (secondary N) is 2. The molecule has 0 amide bonds. The van der Waals surface area contributed by atoms with Crippen molar-refractivity contribution in [3.05, 3.63) is 29.3 Å². The summed E-state index contributed by atoms with van der Waals surface area (Å²) in [5, 5.41) is 6.81. The summed E-state index contributed by atoms with van der Waals surface area (Å²) in [6.45, 7) is 11.9. The molecule has 7 heteroatoms. The first kappa shape index (κ1) is 24.5. The molecule has 5 nitrogen and oxygen atoms in total. The van der Waals surface area contributed by atoms with E-state index in [2.05, 4.69) is 53.8 Å². The van der Waals surface area contributed by atoms with Gasteiger partial charge in [-0.2, -0.15) is 0 Å². The minimum absolute atomic E-state index is 0. The van der Waals surface area contributed by atoms with Crippen LogP contribution < -0.4 is 10.6 Å². The number of aryl methyl sites for hydroxylation is 1. The number of nitrogens with zero attached hydrogens (tertiary/aromatic N) is 2. The van der Waals surface area contributed by atoms with E-state index in [0.717, 1.165) is 51.8 Å². The molecule has 0 spiro atoms. The number of benzene rings is 1. The summed E-state index contributed by atoms with van der Waals surface area (Å²) < 4.78 is 5.39. The molecule has 1 aliphatic heterocycles. The Morgan fingerprint density at radius 2 is 2.00 bits per heavy atom. The molecule has 2 rings (SSSR count). The van der Waals surface area contributed by atoms with E-state index >= 15 is 0 Å². The van der Waals surface area contributed by atoms with Gasteiger partial charge in [0.25, 0.3) is 0 Å². The Morgan fingerprint density at radius 3 is 2.70 bits per heavy atom. The van der Waals surface area contributed by atoms with Crippen molar-refractivity contribution in [1.29, 1.82) is 0 Å². The molecule has 1 saturated heterocycles. The van der Waals surface area contributed by atoms with Crippen LogP contribution in [-0.2, 0) is 11.3 Å². The highest BCUT2D eigenvalue weighted by atomic mass is 127. The van der Waals surface area contributed by atoms with E-state index in [9.17, 15) is 0 Å². The van der Waals surface area contributed by atoms with Crippen molar-refractivity contribution >= 4 is 41.7 Å². The zero-order valence-corrected chi connectivity index (χ0v) is 20.1. The number of hydrogen-bond donors (Lipinski definition) is 2. The number of hydrogen-bond acceptors (Lipinski definition) is 4. The van der Waals surface area contributed by atoms with Crippen molar-refractivity contribution in [3.8, 4) is 0 Å². The third-order valence-electron chi connectivity index (χ3n) is 4.49. The topological polar surface area (TPSA) is 48.9 Å². The van der Waals surface area contributed by atoms with Crippen LogP contribution in [0.2, 0.25) is 0 Å². The second-order valence-corrected chi connectivity index (χ2v) is 7.45. The smallest absolute Gasteiger partial charge is 0.191 e. The van der Waals surface area contributed by atoms with Gasteiger partial charge in [-0.25, -0.2) is 4.99 Å². The molecule has 0 aliphatic carbocycles. The van der Waals surface area contributed by atoms with Crippen LogP contribution in [0.15, 0.2) is 28.1 Å². The van der Waals surface area contributed by atoms with Crippen molar-refractivity contribution in [1.82, 2.24) is 15.5 Å². The molecule has 154 valence electrons. The lowest BCUT2D eigenvalue weighted by atomic mass is 10.1. The van der Waals surface area contributed by atoms with Crippen LogP contribution in [0.3, 0.4) is 0 Å². The predicted octanol–water partition coefficient (Wildman–Crippen LogP) is 3.50. The zero-order chi connectivity index (χ0) is 18.6. The maximum atomic E-state index is 5.39. The molecule has 0 saturated carbocycles. The largest absolute Gasteiger partial charge is 0.379 e. The van der Waals surface area contributed by atoms with Crippen molar-refractivity contribution < 1.29 is 4.74 Å². The molecular weight excluding hydrogens is 471 g/mol. The Labute approximate surface area is 186 Å². The average molecular weight is 506 g/mol. The number of rotatable bonds is 9. The molecule has 0 unspecified atom stereocenters. The number of thioether (sulfide) groups is 1. The molecule has 1 aliphatic rings. The molecule has 27 heavy (non-hydrogen) atoms. The number of halogens is 1. The van der Waals surface area contributed by atoms with Gasteiger partial charge in [0.15, 0.2) is 5.96 Å². The van der Waals surface area contributed by atoms with E-state index in [1.807, 2.05) is 0 Å². The molecule has 1 aromatic carbocycles. The maximum absolute atomic E-state index is 5.39. The van der Waals surface area contributed by atoms with Gasteiger partial charge in [0, 0.05) is 31.1 Å². The fourth-order valence-electron chi connectivity index (χ4n) is 2.98. The lowest BCUT2D eigenvalue weighted by Gasteiger charge is -2.26.